The van der Waals surface area contributed by atoms with E-state index in [0.717, 1.165) is 29.9 Å². The highest BCUT2D eigenvalue weighted by Crippen LogP contribution is 2.18. The minimum Gasteiger partial charge on any atom is -0.350 e. The number of carbonyl (C=O) groups excluding carboxylic acids is 3. The Kier molecular flexibility index (Phi) is 8.59. The van der Waals surface area contributed by atoms with Gasteiger partial charge in [-0.1, -0.05) is 12.1 Å². The van der Waals surface area contributed by atoms with E-state index in [1.807, 2.05) is 52.8 Å². The van der Waals surface area contributed by atoms with Crippen LogP contribution in [-0.2, 0) is 14.4 Å². The third-order valence-corrected chi connectivity index (χ3v) is 5.39. The van der Waals surface area contributed by atoms with E-state index in [-0.39, 0.29) is 36.3 Å². The van der Waals surface area contributed by atoms with Gasteiger partial charge >= 0.3 is 0 Å². The maximum Gasteiger partial charge on any atom is 0.240 e. The molecule has 0 aliphatic carbocycles. The van der Waals surface area contributed by atoms with Gasteiger partial charge in [-0.05, 0) is 51.8 Å². The number of hydrogen-bond acceptors (Lipinski definition) is 5. The molecule has 0 atom stereocenters. The van der Waals surface area contributed by atoms with E-state index in [1.54, 1.807) is 7.05 Å². The molecule has 0 bridgehead atoms. The molecule has 1 aliphatic heterocycles. The standard InChI is InChI=1S/C23H37N5O3/c1-17-8-7-9-19(18(17)2)24-20(29)15-27-10-12-28(13-11-27)16-22(31)26(6)14-21(30)25-23(3,4)5/h7-9H,10-16H2,1-6H3,(H,24,29)(H,25,30). The van der Waals surface area contributed by atoms with Crippen molar-refractivity contribution in [3.8, 4) is 0 Å². The molecule has 8 heteroatoms. The number of piperazine rings is 1. The van der Waals surface area contributed by atoms with Gasteiger partial charge in [-0.2, -0.15) is 0 Å². The SMILES string of the molecule is Cc1cccc(NC(=O)CN2CCN(CC(=O)N(C)CC(=O)NC(C)(C)C)CC2)c1C. The minimum absolute atomic E-state index is 0.0252. The first-order valence-electron chi connectivity index (χ1n) is 10.8. The summed E-state index contributed by atoms with van der Waals surface area (Å²) in [6.07, 6.45) is 0. The van der Waals surface area contributed by atoms with Crippen LogP contribution in [0.2, 0.25) is 0 Å². The first-order chi connectivity index (χ1) is 14.4. The molecule has 1 aromatic rings. The van der Waals surface area contributed by atoms with Crippen LogP contribution in [0.3, 0.4) is 0 Å². The number of rotatable bonds is 7. The third-order valence-electron chi connectivity index (χ3n) is 5.39. The highest BCUT2D eigenvalue weighted by Gasteiger charge is 2.23. The van der Waals surface area contributed by atoms with E-state index in [0.29, 0.717) is 19.6 Å². The van der Waals surface area contributed by atoms with Crippen LogP contribution in [0.15, 0.2) is 18.2 Å². The van der Waals surface area contributed by atoms with Gasteiger partial charge in [0.15, 0.2) is 0 Å². The van der Waals surface area contributed by atoms with Crippen molar-refractivity contribution < 1.29 is 14.4 Å². The van der Waals surface area contributed by atoms with E-state index in [4.69, 9.17) is 0 Å². The van der Waals surface area contributed by atoms with Crippen molar-refractivity contribution in [3.63, 3.8) is 0 Å². The Bertz CT molecular complexity index is 795. The van der Waals surface area contributed by atoms with Crippen molar-refractivity contribution in [3.05, 3.63) is 29.3 Å². The number of carbonyl (C=O) groups is 3. The average molecular weight is 432 g/mol. The number of aryl methyl sites for hydroxylation is 1. The zero-order chi connectivity index (χ0) is 23.2. The summed E-state index contributed by atoms with van der Waals surface area (Å²) in [4.78, 5) is 42.5. The normalized spacial score (nSPS) is 15.4. The van der Waals surface area contributed by atoms with Crippen LogP contribution < -0.4 is 10.6 Å². The van der Waals surface area contributed by atoms with Gasteiger partial charge in [-0.25, -0.2) is 0 Å². The van der Waals surface area contributed by atoms with Crippen LogP contribution >= 0.6 is 0 Å². The Morgan fingerprint density at radius 1 is 0.968 bits per heavy atom. The van der Waals surface area contributed by atoms with E-state index in [2.05, 4.69) is 20.4 Å². The molecule has 0 unspecified atom stereocenters. The zero-order valence-electron chi connectivity index (χ0n) is 19.7. The number of benzene rings is 1. The second-order valence-corrected chi connectivity index (χ2v) is 9.40. The van der Waals surface area contributed by atoms with Gasteiger partial charge in [-0.15, -0.1) is 0 Å². The summed E-state index contributed by atoms with van der Waals surface area (Å²) in [5.41, 5.74) is 2.77. The number of nitrogens with one attached hydrogen (secondary N) is 2. The van der Waals surface area contributed by atoms with Gasteiger partial charge in [0.1, 0.15) is 0 Å². The molecule has 0 radical (unpaired) electrons. The fourth-order valence-electron chi connectivity index (χ4n) is 3.46. The topological polar surface area (TPSA) is 85.0 Å². The maximum atomic E-state index is 12.5. The van der Waals surface area contributed by atoms with Crippen LogP contribution in [0.5, 0.6) is 0 Å². The molecular weight excluding hydrogens is 394 g/mol. The van der Waals surface area contributed by atoms with Crippen molar-refractivity contribution in [2.45, 2.75) is 40.2 Å². The Morgan fingerprint density at radius 3 is 2.13 bits per heavy atom. The fourth-order valence-corrected chi connectivity index (χ4v) is 3.46. The second-order valence-electron chi connectivity index (χ2n) is 9.40. The van der Waals surface area contributed by atoms with Crippen molar-refractivity contribution in [1.29, 1.82) is 0 Å². The number of likely N-dealkylation sites (N-methyl/N-ethyl adjacent to an activating group) is 1. The van der Waals surface area contributed by atoms with E-state index in [9.17, 15) is 14.4 Å². The average Bonchev–Trinajstić information content (AvgIpc) is 2.65. The summed E-state index contributed by atoms with van der Waals surface area (Å²) in [7, 11) is 1.65. The molecule has 1 aliphatic rings. The molecule has 2 N–H and O–H groups in total. The number of anilines is 1. The summed E-state index contributed by atoms with van der Waals surface area (Å²) in [5.74, 6) is -0.268. The van der Waals surface area contributed by atoms with E-state index >= 15 is 0 Å². The highest BCUT2D eigenvalue weighted by atomic mass is 16.2. The molecule has 1 aromatic carbocycles. The predicted molar refractivity (Wildman–Crippen MR) is 123 cm³/mol. The molecule has 31 heavy (non-hydrogen) atoms. The lowest BCUT2D eigenvalue weighted by Crippen LogP contribution is -2.52. The van der Waals surface area contributed by atoms with Crippen LogP contribution in [0.25, 0.3) is 0 Å². The van der Waals surface area contributed by atoms with E-state index < -0.39 is 0 Å². The van der Waals surface area contributed by atoms with Crippen LogP contribution in [-0.4, -0.2) is 90.8 Å². The summed E-state index contributed by atoms with van der Waals surface area (Å²) in [6, 6.07) is 5.89. The molecule has 1 fully saturated rings. The van der Waals surface area contributed by atoms with Gasteiger partial charge in [0.2, 0.25) is 17.7 Å². The zero-order valence-corrected chi connectivity index (χ0v) is 19.7. The smallest absolute Gasteiger partial charge is 0.240 e. The van der Waals surface area contributed by atoms with Crippen molar-refractivity contribution in [1.82, 2.24) is 20.0 Å². The van der Waals surface area contributed by atoms with Crippen LogP contribution in [0.4, 0.5) is 5.69 Å². The summed E-state index contributed by atoms with van der Waals surface area (Å²) in [5, 5.41) is 5.86. The van der Waals surface area contributed by atoms with Crippen LogP contribution in [0, 0.1) is 13.8 Å². The lowest BCUT2D eigenvalue weighted by atomic mass is 10.1. The molecule has 0 saturated carbocycles. The van der Waals surface area contributed by atoms with Crippen LogP contribution in [0.1, 0.15) is 31.9 Å². The summed E-state index contributed by atoms with van der Waals surface area (Å²) in [6.45, 7) is 13.3. The third kappa shape index (κ3) is 8.30. The molecule has 172 valence electrons. The largest absolute Gasteiger partial charge is 0.350 e. The van der Waals surface area contributed by atoms with Gasteiger partial charge < -0.3 is 15.5 Å². The maximum absolute atomic E-state index is 12.5. The first-order valence-corrected chi connectivity index (χ1v) is 10.8. The molecule has 3 amide bonds. The highest BCUT2D eigenvalue weighted by molar-refractivity contribution is 5.93. The molecule has 1 heterocycles. The Labute approximate surface area is 185 Å². The predicted octanol–water partition coefficient (Wildman–Crippen LogP) is 1.23. The Hall–Kier alpha value is -2.45. The molecular formula is C23H37N5O3. The van der Waals surface area contributed by atoms with Gasteiger partial charge in [0.25, 0.3) is 0 Å². The Morgan fingerprint density at radius 2 is 1.55 bits per heavy atom. The lowest BCUT2D eigenvalue weighted by Gasteiger charge is -2.34. The van der Waals surface area contributed by atoms with Crippen molar-refractivity contribution in [2.24, 2.45) is 0 Å². The Balaban J connectivity index is 1.73. The van der Waals surface area contributed by atoms with E-state index in [1.165, 1.54) is 4.90 Å². The molecule has 0 aromatic heterocycles. The second kappa shape index (κ2) is 10.7. The molecule has 2 rings (SSSR count). The minimum atomic E-state index is -0.318. The number of nitrogens with zero attached hydrogens (tertiary/aromatic N) is 3. The molecule has 8 nitrogen and oxygen atoms in total. The van der Waals surface area contributed by atoms with Crippen molar-refractivity contribution in [2.75, 3.05) is 58.2 Å². The number of amides is 3. The first kappa shape index (κ1) is 24.8. The van der Waals surface area contributed by atoms with Crippen molar-refractivity contribution >= 4 is 23.4 Å². The summed E-state index contributed by atoms with van der Waals surface area (Å²) >= 11 is 0. The van der Waals surface area contributed by atoms with Gasteiger partial charge in [-0.3, -0.25) is 24.2 Å². The monoisotopic (exact) mass is 431 g/mol. The lowest BCUT2D eigenvalue weighted by molar-refractivity contribution is -0.136. The summed E-state index contributed by atoms with van der Waals surface area (Å²) < 4.78 is 0. The number of hydrogen-bond donors (Lipinski definition) is 2. The molecule has 0 spiro atoms. The fraction of sp³-hybridized carbons (Fsp3) is 0.609. The van der Waals surface area contributed by atoms with Gasteiger partial charge in [0, 0.05) is 44.5 Å². The quantitative estimate of drug-likeness (QED) is 0.678. The van der Waals surface area contributed by atoms with Gasteiger partial charge in [0.05, 0.1) is 19.6 Å². The molecule has 1 saturated heterocycles.